The quantitative estimate of drug-likeness (QED) is 0.668. The first kappa shape index (κ1) is 19.9. The highest BCUT2D eigenvalue weighted by molar-refractivity contribution is 5.85. The van der Waals surface area contributed by atoms with Crippen LogP contribution >= 0.6 is 0 Å². The summed E-state index contributed by atoms with van der Waals surface area (Å²) in [7, 11) is 0. The molecule has 1 amide bonds. The molecule has 0 heterocycles. The van der Waals surface area contributed by atoms with Crippen LogP contribution in [0.1, 0.15) is 36.8 Å². The lowest BCUT2D eigenvalue weighted by Gasteiger charge is -2.41. The molecule has 8 heteroatoms. The van der Waals surface area contributed by atoms with E-state index >= 15 is 0 Å². The molecule has 0 radical (unpaired) electrons. The van der Waals surface area contributed by atoms with Crippen LogP contribution in [0.4, 0.5) is 13.2 Å². The third kappa shape index (κ3) is 3.78. The normalized spacial score (nSPS) is 27.1. The summed E-state index contributed by atoms with van der Waals surface area (Å²) >= 11 is 0. The van der Waals surface area contributed by atoms with Crippen molar-refractivity contribution in [2.24, 2.45) is 28.7 Å². The van der Waals surface area contributed by atoms with Crippen molar-refractivity contribution < 1.29 is 27.8 Å². The van der Waals surface area contributed by atoms with Crippen molar-refractivity contribution >= 4 is 5.91 Å². The Bertz CT molecular complexity index is 721. The molecule has 150 valence electrons. The van der Waals surface area contributed by atoms with Gasteiger partial charge in [0.05, 0.1) is 12.5 Å². The van der Waals surface area contributed by atoms with Gasteiger partial charge in [-0.1, -0.05) is 13.0 Å². The maximum atomic E-state index is 13.2. The highest BCUT2D eigenvalue weighted by atomic mass is 19.4. The smallest absolute Gasteiger partial charge is 0.404 e. The van der Waals surface area contributed by atoms with Crippen LogP contribution in [0.25, 0.3) is 0 Å². The fraction of sp³-hybridized carbons (Fsp3) is 0.632. The molecular weight excluding hydrogens is 361 g/mol. The maximum Gasteiger partial charge on any atom is 0.404 e. The number of carbonyl (C=O) groups is 1. The first-order valence-electron chi connectivity index (χ1n) is 9.06. The van der Waals surface area contributed by atoms with Gasteiger partial charge in [-0.05, 0) is 53.9 Å². The van der Waals surface area contributed by atoms with E-state index in [2.05, 4.69) is 0 Å². The van der Waals surface area contributed by atoms with Crippen molar-refractivity contribution in [1.29, 1.82) is 0 Å². The summed E-state index contributed by atoms with van der Waals surface area (Å²) in [5.74, 6) is -1.97. The molecule has 2 aliphatic carbocycles. The molecule has 4 unspecified atom stereocenters. The second-order valence-electron chi connectivity index (χ2n) is 7.99. The number of hydrogen-bond acceptors (Lipinski definition) is 4. The van der Waals surface area contributed by atoms with E-state index in [1.165, 1.54) is 0 Å². The molecule has 1 aromatic carbocycles. The number of ether oxygens (including phenoxy) is 1. The number of aliphatic hydroxyl groups excluding tert-OH is 1. The largest absolute Gasteiger partial charge is 0.493 e. The van der Waals surface area contributed by atoms with Crippen LogP contribution in [0, 0.1) is 17.3 Å². The maximum absolute atomic E-state index is 13.2. The van der Waals surface area contributed by atoms with E-state index < -0.39 is 42.0 Å². The van der Waals surface area contributed by atoms with Crippen LogP contribution < -0.4 is 16.2 Å². The number of rotatable bonds is 7. The van der Waals surface area contributed by atoms with Gasteiger partial charge < -0.3 is 21.3 Å². The Kier molecular flexibility index (Phi) is 5.16. The molecule has 2 aliphatic rings. The predicted molar refractivity (Wildman–Crippen MR) is 93.0 cm³/mol. The van der Waals surface area contributed by atoms with E-state index in [0.29, 0.717) is 23.8 Å². The fourth-order valence-electron chi connectivity index (χ4n) is 4.24. The van der Waals surface area contributed by atoms with Crippen molar-refractivity contribution in [3.63, 3.8) is 0 Å². The Hall–Kier alpha value is -1.80. The summed E-state index contributed by atoms with van der Waals surface area (Å²) in [5.41, 5.74) is 11.1. The Morgan fingerprint density at radius 1 is 1.41 bits per heavy atom. The standard InChI is InChI=1S/C19H25F3N2O3/c1-18(14(8-25)16(23)19(20,21)22)7-11-4-5-12(27-9-10-2-3-10)6-13(11)15(18)17(24)26/h4-6,10,14-16,25H,2-3,7-9,23H2,1H3,(H2,24,26). The van der Waals surface area contributed by atoms with Crippen molar-refractivity contribution in [2.75, 3.05) is 13.2 Å². The third-order valence-corrected chi connectivity index (χ3v) is 5.98. The zero-order valence-corrected chi connectivity index (χ0v) is 15.1. The molecule has 5 N–H and O–H groups in total. The summed E-state index contributed by atoms with van der Waals surface area (Å²) in [6.45, 7) is 1.33. The van der Waals surface area contributed by atoms with E-state index in [1.54, 1.807) is 25.1 Å². The molecule has 0 spiro atoms. The molecule has 0 aliphatic heterocycles. The van der Waals surface area contributed by atoms with Gasteiger partial charge in [0.25, 0.3) is 0 Å². The minimum Gasteiger partial charge on any atom is -0.493 e. The van der Waals surface area contributed by atoms with E-state index in [9.17, 15) is 23.1 Å². The molecule has 0 aromatic heterocycles. The Balaban J connectivity index is 1.94. The first-order chi connectivity index (χ1) is 12.6. The number of nitrogens with two attached hydrogens (primary N) is 2. The van der Waals surface area contributed by atoms with Gasteiger partial charge in [0, 0.05) is 12.5 Å². The van der Waals surface area contributed by atoms with E-state index in [4.69, 9.17) is 16.2 Å². The minimum absolute atomic E-state index is 0.174. The van der Waals surface area contributed by atoms with Gasteiger partial charge in [-0.15, -0.1) is 0 Å². The number of primary amides is 1. The Morgan fingerprint density at radius 3 is 2.59 bits per heavy atom. The first-order valence-corrected chi connectivity index (χ1v) is 9.06. The van der Waals surface area contributed by atoms with Crippen molar-refractivity contribution in [3.8, 4) is 5.75 Å². The van der Waals surface area contributed by atoms with Gasteiger partial charge in [-0.25, -0.2) is 0 Å². The van der Waals surface area contributed by atoms with Crippen LogP contribution in [0.15, 0.2) is 18.2 Å². The average Bonchev–Trinajstić information content (AvgIpc) is 3.33. The topological polar surface area (TPSA) is 98.6 Å². The minimum atomic E-state index is -4.69. The van der Waals surface area contributed by atoms with Gasteiger partial charge in [-0.3, -0.25) is 4.79 Å². The van der Waals surface area contributed by atoms with Gasteiger partial charge >= 0.3 is 6.18 Å². The average molecular weight is 386 g/mol. The Labute approximate surface area is 155 Å². The molecular formula is C19H25F3N2O3. The zero-order valence-electron chi connectivity index (χ0n) is 15.1. The number of fused-ring (bicyclic) bond motifs is 1. The molecule has 5 nitrogen and oxygen atoms in total. The van der Waals surface area contributed by atoms with Crippen LogP contribution in [0.2, 0.25) is 0 Å². The lowest BCUT2D eigenvalue weighted by molar-refractivity contribution is -0.175. The number of amides is 1. The summed E-state index contributed by atoms with van der Waals surface area (Å²) in [4.78, 5) is 12.2. The lowest BCUT2D eigenvalue weighted by atomic mass is 9.65. The van der Waals surface area contributed by atoms with Crippen molar-refractivity contribution in [1.82, 2.24) is 0 Å². The van der Waals surface area contributed by atoms with Crippen LogP contribution in [-0.2, 0) is 11.2 Å². The SMILES string of the molecule is CC1(C(CO)C(N)C(F)(F)F)Cc2ccc(OCC3CC3)cc2C1C(N)=O. The third-order valence-electron chi connectivity index (χ3n) is 5.98. The highest BCUT2D eigenvalue weighted by Crippen LogP contribution is 2.54. The Morgan fingerprint density at radius 2 is 2.07 bits per heavy atom. The van der Waals surface area contributed by atoms with E-state index in [-0.39, 0.29) is 6.42 Å². The summed E-state index contributed by atoms with van der Waals surface area (Å²) < 4.78 is 45.5. The molecule has 1 fully saturated rings. The molecule has 0 bridgehead atoms. The summed E-state index contributed by atoms with van der Waals surface area (Å²) in [6.07, 6.45) is -2.26. The molecule has 4 atom stereocenters. The van der Waals surface area contributed by atoms with Gasteiger partial charge in [0.2, 0.25) is 5.91 Å². The predicted octanol–water partition coefficient (Wildman–Crippen LogP) is 2.10. The number of carbonyl (C=O) groups excluding carboxylic acids is 1. The second-order valence-corrected chi connectivity index (χ2v) is 7.99. The molecule has 27 heavy (non-hydrogen) atoms. The summed E-state index contributed by atoms with van der Waals surface area (Å²) in [5, 5.41) is 9.71. The summed E-state index contributed by atoms with van der Waals surface area (Å²) in [6, 6.07) is 2.94. The van der Waals surface area contributed by atoms with Gasteiger partial charge in [0.1, 0.15) is 11.8 Å². The lowest BCUT2D eigenvalue weighted by Crippen LogP contribution is -2.54. The highest BCUT2D eigenvalue weighted by Gasteiger charge is 2.56. The second kappa shape index (κ2) is 6.98. The van der Waals surface area contributed by atoms with Crippen molar-refractivity contribution in [3.05, 3.63) is 29.3 Å². The van der Waals surface area contributed by atoms with E-state index in [1.807, 2.05) is 0 Å². The molecule has 3 rings (SSSR count). The van der Waals surface area contributed by atoms with Crippen LogP contribution in [0.3, 0.4) is 0 Å². The van der Waals surface area contributed by atoms with Crippen LogP contribution in [-0.4, -0.2) is 36.4 Å². The molecule has 0 saturated heterocycles. The van der Waals surface area contributed by atoms with Crippen molar-refractivity contribution in [2.45, 2.75) is 44.3 Å². The van der Waals surface area contributed by atoms with Gasteiger partial charge in [0.15, 0.2) is 0 Å². The van der Waals surface area contributed by atoms with Gasteiger partial charge in [-0.2, -0.15) is 13.2 Å². The van der Waals surface area contributed by atoms with Crippen LogP contribution in [0.5, 0.6) is 5.75 Å². The number of hydrogen-bond donors (Lipinski definition) is 3. The number of halogens is 3. The monoisotopic (exact) mass is 386 g/mol. The van der Waals surface area contributed by atoms with E-state index in [0.717, 1.165) is 18.4 Å². The number of benzene rings is 1. The zero-order chi connectivity index (χ0) is 20.0. The molecule has 1 saturated carbocycles. The molecule has 1 aromatic rings. The number of alkyl halides is 3. The number of aliphatic hydroxyl groups is 1. The fourth-order valence-corrected chi connectivity index (χ4v) is 4.24.